The average Bonchev–Trinajstić information content (AvgIpc) is 3.04. The van der Waals surface area contributed by atoms with Gasteiger partial charge in [0, 0.05) is 18.8 Å². The number of nitrogens with one attached hydrogen (secondary N) is 1. The summed E-state index contributed by atoms with van der Waals surface area (Å²) in [5, 5.41) is 3.55. The number of anilines is 1. The minimum atomic E-state index is -0.511. The molecule has 1 heterocycles. The molecule has 4 aliphatic carbocycles. The van der Waals surface area contributed by atoms with Gasteiger partial charge in [-0.2, -0.15) is 0 Å². The first-order valence-corrected chi connectivity index (χ1v) is 13.9. The monoisotopic (exact) mass is 497 g/mol. The first-order chi connectivity index (χ1) is 16.9. The molecular weight excluding hydrogens is 458 g/mol. The van der Waals surface area contributed by atoms with E-state index >= 15 is 0 Å². The molecule has 0 radical (unpaired) electrons. The predicted octanol–water partition coefficient (Wildman–Crippen LogP) is 5.23. The van der Waals surface area contributed by atoms with Crippen LogP contribution in [0, 0.1) is 23.2 Å². The quantitative estimate of drug-likeness (QED) is 0.449. The first kappa shape index (κ1) is 24.5. The summed E-state index contributed by atoms with van der Waals surface area (Å²) in [6.45, 7) is 6.00. The largest absolute Gasteiger partial charge is 0.494 e. The molecular formula is C28H39N3O3S. The Kier molecular flexibility index (Phi) is 7.06. The molecule has 5 fully saturated rings. The smallest absolute Gasteiger partial charge is 0.252 e. The van der Waals surface area contributed by atoms with Gasteiger partial charge < -0.3 is 15.0 Å². The van der Waals surface area contributed by atoms with Crippen molar-refractivity contribution in [2.45, 2.75) is 77.7 Å². The Bertz CT molecular complexity index is 927. The van der Waals surface area contributed by atoms with Crippen molar-refractivity contribution in [3.63, 3.8) is 0 Å². The maximum Gasteiger partial charge on any atom is 0.252 e. The van der Waals surface area contributed by atoms with Crippen molar-refractivity contribution in [2.24, 2.45) is 23.2 Å². The molecule has 1 saturated heterocycles. The summed E-state index contributed by atoms with van der Waals surface area (Å²) in [7, 11) is 0. The summed E-state index contributed by atoms with van der Waals surface area (Å²) in [6, 6.07) is 6.89. The second-order valence-electron chi connectivity index (χ2n) is 11.4. The van der Waals surface area contributed by atoms with Gasteiger partial charge in [-0.25, -0.2) is 0 Å². The molecule has 6 nitrogen and oxygen atoms in total. The molecule has 4 bridgehead atoms. The summed E-state index contributed by atoms with van der Waals surface area (Å²) in [5.74, 6) is 3.30. The van der Waals surface area contributed by atoms with Crippen LogP contribution in [0.1, 0.15) is 71.6 Å². The summed E-state index contributed by atoms with van der Waals surface area (Å²) in [4.78, 5) is 29.9. The maximum atomic E-state index is 13.2. The van der Waals surface area contributed by atoms with Gasteiger partial charge in [-0.15, -0.1) is 0 Å². The number of carbonyl (C=O) groups is 2. The molecule has 190 valence electrons. The summed E-state index contributed by atoms with van der Waals surface area (Å²) in [5.41, 5.74) is 1.13. The normalized spacial score (nSPS) is 31.4. The number of nitrogens with zero attached hydrogens (tertiary/aromatic N) is 2. The molecule has 1 aromatic rings. The van der Waals surface area contributed by atoms with Crippen molar-refractivity contribution in [3.8, 4) is 5.75 Å². The van der Waals surface area contributed by atoms with Crippen molar-refractivity contribution in [3.05, 3.63) is 24.3 Å². The van der Waals surface area contributed by atoms with Gasteiger partial charge in [-0.05, 0) is 118 Å². The average molecular weight is 498 g/mol. The highest BCUT2D eigenvalue weighted by Crippen LogP contribution is 2.61. The lowest BCUT2D eigenvalue weighted by Crippen LogP contribution is -2.48. The van der Waals surface area contributed by atoms with Crippen LogP contribution in [-0.2, 0) is 9.59 Å². The molecule has 6 rings (SSSR count). The van der Waals surface area contributed by atoms with Gasteiger partial charge in [0.1, 0.15) is 11.8 Å². The Morgan fingerprint density at radius 3 is 2.29 bits per heavy atom. The first-order valence-electron chi connectivity index (χ1n) is 13.5. The van der Waals surface area contributed by atoms with Gasteiger partial charge in [0.25, 0.3) is 5.91 Å². The minimum Gasteiger partial charge on any atom is -0.494 e. The van der Waals surface area contributed by atoms with Crippen LogP contribution >= 0.6 is 12.2 Å². The minimum absolute atomic E-state index is 0.0403. The number of carbonyl (C=O) groups excluding carboxylic acids is 2. The van der Waals surface area contributed by atoms with Crippen LogP contribution in [0.5, 0.6) is 5.75 Å². The van der Waals surface area contributed by atoms with Crippen molar-refractivity contribution in [1.29, 1.82) is 0 Å². The zero-order chi connectivity index (χ0) is 24.6. The predicted molar refractivity (Wildman–Crippen MR) is 141 cm³/mol. The Morgan fingerprint density at radius 2 is 1.71 bits per heavy atom. The topological polar surface area (TPSA) is 61.9 Å². The lowest BCUT2D eigenvalue weighted by Gasteiger charge is -2.57. The molecule has 1 aromatic carbocycles. The number of hydrogen-bond donors (Lipinski definition) is 1. The van der Waals surface area contributed by atoms with E-state index in [-0.39, 0.29) is 18.2 Å². The summed E-state index contributed by atoms with van der Waals surface area (Å²) in [6.07, 6.45) is 10.5. The Hall–Kier alpha value is -2.15. The molecule has 4 saturated carbocycles. The third kappa shape index (κ3) is 5.07. The molecule has 1 atom stereocenters. The van der Waals surface area contributed by atoms with Crippen LogP contribution in [0.2, 0.25) is 0 Å². The lowest BCUT2D eigenvalue weighted by molar-refractivity contribution is -0.130. The fraction of sp³-hybridized carbons (Fsp3) is 0.679. The highest BCUT2D eigenvalue weighted by Gasteiger charge is 2.51. The van der Waals surface area contributed by atoms with Gasteiger partial charge in [0.15, 0.2) is 5.11 Å². The number of benzene rings is 1. The number of thiocarbonyl (C=S) groups is 1. The molecule has 1 aliphatic heterocycles. The maximum absolute atomic E-state index is 13.2. The number of hydrogen-bond acceptors (Lipinski definition) is 4. The van der Waals surface area contributed by atoms with Crippen LogP contribution in [0.4, 0.5) is 5.69 Å². The van der Waals surface area contributed by atoms with Crippen LogP contribution in [0.3, 0.4) is 0 Å². The second kappa shape index (κ2) is 10.1. The van der Waals surface area contributed by atoms with Crippen molar-refractivity contribution in [1.82, 2.24) is 9.80 Å². The van der Waals surface area contributed by atoms with E-state index in [1.807, 2.05) is 31.2 Å². The van der Waals surface area contributed by atoms with E-state index in [2.05, 4.69) is 17.1 Å². The van der Waals surface area contributed by atoms with E-state index in [9.17, 15) is 9.59 Å². The Morgan fingerprint density at radius 1 is 1.09 bits per heavy atom. The van der Waals surface area contributed by atoms with E-state index in [1.54, 1.807) is 4.90 Å². The molecule has 0 spiro atoms. The number of amides is 2. The van der Waals surface area contributed by atoms with Crippen molar-refractivity contribution < 1.29 is 14.3 Å². The lowest BCUT2D eigenvalue weighted by atomic mass is 9.49. The highest BCUT2D eigenvalue weighted by atomic mass is 32.1. The van der Waals surface area contributed by atoms with Crippen molar-refractivity contribution >= 4 is 34.8 Å². The molecule has 5 aliphatic rings. The molecule has 0 unspecified atom stereocenters. The van der Waals surface area contributed by atoms with E-state index in [0.29, 0.717) is 29.4 Å². The number of rotatable bonds is 10. The molecule has 0 aromatic heterocycles. The van der Waals surface area contributed by atoms with Gasteiger partial charge in [-0.1, -0.05) is 6.92 Å². The number of likely N-dealkylation sites (N-methyl/N-ethyl adjacent to an activating group) is 1. The summed E-state index contributed by atoms with van der Waals surface area (Å²) < 4.78 is 5.62. The number of ether oxygens (including phenoxy) is 1. The van der Waals surface area contributed by atoms with Crippen molar-refractivity contribution in [2.75, 3.05) is 25.0 Å². The third-order valence-electron chi connectivity index (χ3n) is 8.76. The zero-order valence-electron chi connectivity index (χ0n) is 21.1. The van der Waals surface area contributed by atoms with E-state index in [1.165, 1.54) is 38.5 Å². The fourth-order valence-corrected chi connectivity index (χ4v) is 8.07. The van der Waals surface area contributed by atoms with Gasteiger partial charge in [0.2, 0.25) is 5.91 Å². The summed E-state index contributed by atoms with van der Waals surface area (Å²) >= 11 is 5.74. The van der Waals surface area contributed by atoms with Crippen LogP contribution in [0.15, 0.2) is 24.3 Å². The van der Waals surface area contributed by atoms with Gasteiger partial charge >= 0.3 is 0 Å². The third-order valence-corrected chi connectivity index (χ3v) is 9.21. The zero-order valence-corrected chi connectivity index (χ0v) is 21.9. The molecule has 35 heavy (non-hydrogen) atoms. The molecule has 1 N–H and O–H groups in total. The van der Waals surface area contributed by atoms with E-state index in [0.717, 1.165) is 42.9 Å². The van der Waals surface area contributed by atoms with Crippen LogP contribution in [0.25, 0.3) is 0 Å². The molecule has 2 amide bonds. The SMILES string of the molecule is CCCOc1ccc(NC(=O)C[C@H]2C(=O)N(CC)C(=S)N2CCC23CC4CC(CC(C4)C2)C3)cc1. The van der Waals surface area contributed by atoms with E-state index < -0.39 is 6.04 Å². The van der Waals surface area contributed by atoms with Crippen LogP contribution in [-0.4, -0.2) is 52.5 Å². The van der Waals surface area contributed by atoms with E-state index in [4.69, 9.17) is 17.0 Å². The van der Waals surface area contributed by atoms with Crippen LogP contribution < -0.4 is 10.1 Å². The Balaban J connectivity index is 1.23. The Labute approximate surface area is 214 Å². The fourth-order valence-electron chi connectivity index (χ4n) is 7.63. The highest BCUT2D eigenvalue weighted by molar-refractivity contribution is 7.80. The standard InChI is InChI=1S/C28H39N3O3S/c1-3-11-34-23-7-5-22(6-8-23)29-25(32)15-24-26(33)30(4-2)27(35)31(24)10-9-28-16-19-12-20(17-28)14-21(13-19)18-28/h5-8,19-21,24H,3-4,9-18H2,1-2H3,(H,29,32)/t19?,20?,21?,24-,28?/m0/s1. The molecule has 7 heteroatoms. The van der Waals surface area contributed by atoms with Gasteiger partial charge in [-0.3, -0.25) is 14.5 Å². The second-order valence-corrected chi connectivity index (χ2v) is 11.7. The van der Waals surface area contributed by atoms with Gasteiger partial charge in [0.05, 0.1) is 13.0 Å².